The average Bonchev–Trinajstić information content (AvgIpc) is 2.61. The molecule has 0 amide bonds. The number of hydrogen-bond donors (Lipinski definition) is 0. The van der Waals surface area contributed by atoms with Crippen LogP contribution in [0, 0.1) is 6.92 Å². The summed E-state index contributed by atoms with van der Waals surface area (Å²) < 4.78 is 0. The summed E-state index contributed by atoms with van der Waals surface area (Å²) in [5.74, 6) is 0. The summed E-state index contributed by atoms with van der Waals surface area (Å²) in [5.41, 5.74) is 4.36. The molecule has 0 saturated carbocycles. The van der Waals surface area contributed by atoms with Crippen LogP contribution in [0.4, 0.5) is 0 Å². The second kappa shape index (κ2) is 5.36. The Kier molecular flexibility index (Phi) is 3.20. The van der Waals surface area contributed by atoms with Crippen LogP contribution in [0.2, 0.25) is 0 Å². The van der Waals surface area contributed by atoms with Gasteiger partial charge in [-0.05, 0) is 52.2 Å². The summed E-state index contributed by atoms with van der Waals surface area (Å²) in [6.07, 6.45) is 1.79. The molecule has 110 valence electrons. The van der Waals surface area contributed by atoms with Gasteiger partial charge in [0.15, 0.2) is 0 Å². The lowest BCUT2D eigenvalue weighted by Crippen LogP contribution is -1.92. The van der Waals surface area contributed by atoms with Crippen molar-refractivity contribution in [2.45, 2.75) is 6.92 Å². The first-order chi connectivity index (χ1) is 11.3. The topological polar surface area (TPSA) is 12.9 Å². The molecule has 0 aliphatic carbocycles. The fourth-order valence-electron chi connectivity index (χ4n) is 3.26. The lowest BCUT2D eigenvalue weighted by atomic mass is 9.92. The third-order valence-electron chi connectivity index (χ3n) is 4.37. The number of fused-ring (bicyclic) bond motifs is 3. The summed E-state index contributed by atoms with van der Waals surface area (Å²) in [6.45, 7) is 5.86. The van der Waals surface area contributed by atoms with Crippen LogP contribution < -0.4 is 0 Å². The molecule has 4 aromatic rings. The van der Waals surface area contributed by atoms with Crippen molar-refractivity contribution in [1.29, 1.82) is 0 Å². The van der Waals surface area contributed by atoms with Crippen molar-refractivity contribution in [3.63, 3.8) is 0 Å². The third kappa shape index (κ3) is 2.22. The molecule has 3 aromatic carbocycles. The minimum Gasteiger partial charge on any atom is -0.253 e. The van der Waals surface area contributed by atoms with Gasteiger partial charge in [0.25, 0.3) is 0 Å². The average molecular weight is 295 g/mol. The van der Waals surface area contributed by atoms with Crippen LogP contribution in [0.1, 0.15) is 11.4 Å². The highest BCUT2D eigenvalue weighted by atomic mass is 14.7. The SMILES string of the molecule is C=Cc1ccc(-c2cc3ccccc3c3ccccc23)c(C)n1. The van der Waals surface area contributed by atoms with E-state index in [1.807, 2.05) is 6.07 Å². The highest BCUT2D eigenvalue weighted by Crippen LogP contribution is 2.35. The smallest absolute Gasteiger partial charge is 0.0627 e. The summed E-state index contributed by atoms with van der Waals surface area (Å²) in [4.78, 5) is 4.64. The zero-order valence-electron chi connectivity index (χ0n) is 13.1. The maximum Gasteiger partial charge on any atom is 0.0627 e. The molecule has 0 bridgehead atoms. The number of benzene rings is 3. The maximum absolute atomic E-state index is 4.64. The molecule has 0 unspecified atom stereocenters. The molecule has 0 aliphatic heterocycles. The van der Waals surface area contributed by atoms with Crippen molar-refractivity contribution in [3.8, 4) is 11.1 Å². The first kappa shape index (κ1) is 13.7. The van der Waals surface area contributed by atoms with Crippen LogP contribution in [0.15, 0.2) is 73.3 Å². The molecule has 0 fully saturated rings. The third-order valence-corrected chi connectivity index (χ3v) is 4.37. The standard InChI is InChI=1S/C22H17N/c1-3-17-12-13-18(15(2)23-17)22-14-16-8-4-5-9-19(16)20-10-6-7-11-21(20)22/h3-14H,1H2,2H3. The highest BCUT2D eigenvalue weighted by Gasteiger charge is 2.10. The van der Waals surface area contributed by atoms with Gasteiger partial charge in [-0.3, -0.25) is 4.98 Å². The quantitative estimate of drug-likeness (QED) is 0.413. The minimum absolute atomic E-state index is 0.913. The van der Waals surface area contributed by atoms with E-state index >= 15 is 0 Å². The molecule has 1 heterocycles. The van der Waals surface area contributed by atoms with E-state index < -0.39 is 0 Å². The molecular formula is C22H17N. The molecule has 0 atom stereocenters. The largest absolute Gasteiger partial charge is 0.253 e. The zero-order valence-corrected chi connectivity index (χ0v) is 13.1. The van der Waals surface area contributed by atoms with Crippen LogP contribution in [0.3, 0.4) is 0 Å². The van der Waals surface area contributed by atoms with Crippen LogP contribution >= 0.6 is 0 Å². The van der Waals surface area contributed by atoms with Gasteiger partial charge in [-0.1, -0.05) is 61.2 Å². The van der Waals surface area contributed by atoms with Gasteiger partial charge in [0.05, 0.1) is 5.69 Å². The van der Waals surface area contributed by atoms with Crippen molar-refractivity contribution < 1.29 is 0 Å². The number of aryl methyl sites for hydroxylation is 1. The van der Waals surface area contributed by atoms with Crippen LogP contribution in [0.25, 0.3) is 38.7 Å². The molecule has 0 saturated heterocycles. The van der Waals surface area contributed by atoms with Crippen LogP contribution in [-0.2, 0) is 0 Å². The van der Waals surface area contributed by atoms with E-state index in [1.54, 1.807) is 6.08 Å². The van der Waals surface area contributed by atoms with Crippen molar-refractivity contribution in [2.24, 2.45) is 0 Å². The number of pyridine rings is 1. The normalized spacial score (nSPS) is 11.0. The molecule has 1 aromatic heterocycles. The highest BCUT2D eigenvalue weighted by molar-refractivity contribution is 6.13. The first-order valence-corrected chi connectivity index (χ1v) is 7.79. The fraction of sp³-hybridized carbons (Fsp3) is 0.0455. The Morgan fingerprint density at radius 2 is 1.48 bits per heavy atom. The Balaban J connectivity index is 2.11. The van der Waals surface area contributed by atoms with Crippen molar-refractivity contribution >= 4 is 27.6 Å². The number of hydrogen-bond acceptors (Lipinski definition) is 1. The summed E-state index contributed by atoms with van der Waals surface area (Å²) >= 11 is 0. The lowest BCUT2D eigenvalue weighted by Gasteiger charge is -2.13. The van der Waals surface area contributed by atoms with Crippen LogP contribution in [-0.4, -0.2) is 4.98 Å². The Bertz CT molecular complexity index is 1040. The number of aromatic nitrogens is 1. The minimum atomic E-state index is 0.913. The molecule has 1 heteroatoms. The Morgan fingerprint density at radius 1 is 0.783 bits per heavy atom. The van der Waals surface area contributed by atoms with E-state index in [9.17, 15) is 0 Å². The van der Waals surface area contributed by atoms with Gasteiger partial charge in [-0.25, -0.2) is 0 Å². The van der Waals surface area contributed by atoms with Gasteiger partial charge in [0.1, 0.15) is 0 Å². The lowest BCUT2D eigenvalue weighted by molar-refractivity contribution is 1.19. The van der Waals surface area contributed by atoms with Gasteiger partial charge >= 0.3 is 0 Å². The molecule has 23 heavy (non-hydrogen) atoms. The van der Waals surface area contributed by atoms with E-state index in [1.165, 1.54) is 32.7 Å². The molecule has 0 aliphatic rings. The molecule has 0 spiro atoms. The molecule has 0 radical (unpaired) electrons. The molecule has 0 N–H and O–H groups in total. The number of rotatable bonds is 2. The van der Waals surface area contributed by atoms with Crippen LogP contribution in [0.5, 0.6) is 0 Å². The predicted molar refractivity (Wildman–Crippen MR) is 99.5 cm³/mol. The van der Waals surface area contributed by atoms with Gasteiger partial charge in [-0.2, -0.15) is 0 Å². The van der Waals surface area contributed by atoms with Gasteiger partial charge < -0.3 is 0 Å². The zero-order chi connectivity index (χ0) is 15.8. The summed E-state index contributed by atoms with van der Waals surface area (Å²) in [6, 6.07) is 23.6. The Labute approximate surface area is 135 Å². The fourth-order valence-corrected chi connectivity index (χ4v) is 3.26. The van der Waals surface area contributed by atoms with E-state index in [4.69, 9.17) is 0 Å². The van der Waals surface area contributed by atoms with Gasteiger partial charge in [0.2, 0.25) is 0 Å². The van der Waals surface area contributed by atoms with Crippen molar-refractivity contribution in [2.75, 3.05) is 0 Å². The van der Waals surface area contributed by atoms with Gasteiger partial charge in [0, 0.05) is 11.3 Å². The Hall–Kier alpha value is -2.93. The first-order valence-electron chi connectivity index (χ1n) is 7.79. The van der Waals surface area contributed by atoms with E-state index in [0.717, 1.165) is 11.4 Å². The monoisotopic (exact) mass is 295 g/mol. The van der Waals surface area contributed by atoms with E-state index in [0.29, 0.717) is 0 Å². The van der Waals surface area contributed by atoms with E-state index in [2.05, 4.69) is 79.2 Å². The number of nitrogens with zero attached hydrogens (tertiary/aromatic N) is 1. The molecule has 4 rings (SSSR count). The second-order valence-corrected chi connectivity index (χ2v) is 5.76. The molecular weight excluding hydrogens is 278 g/mol. The van der Waals surface area contributed by atoms with Crippen molar-refractivity contribution in [3.05, 3.63) is 84.7 Å². The second-order valence-electron chi connectivity index (χ2n) is 5.76. The Morgan fingerprint density at radius 3 is 2.22 bits per heavy atom. The maximum atomic E-state index is 4.64. The summed E-state index contributed by atoms with van der Waals surface area (Å²) in [5, 5.41) is 5.10. The molecule has 1 nitrogen and oxygen atoms in total. The summed E-state index contributed by atoms with van der Waals surface area (Å²) in [7, 11) is 0. The van der Waals surface area contributed by atoms with Gasteiger partial charge in [-0.15, -0.1) is 0 Å². The van der Waals surface area contributed by atoms with E-state index in [-0.39, 0.29) is 0 Å². The van der Waals surface area contributed by atoms with Crippen molar-refractivity contribution in [1.82, 2.24) is 4.98 Å². The predicted octanol–water partition coefficient (Wildman–Crippen LogP) is 6.01.